The predicted octanol–water partition coefficient (Wildman–Crippen LogP) is 2.91. The van der Waals surface area contributed by atoms with Gasteiger partial charge in [-0.15, -0.1) is 0 Å². The molecule has 1 fully saturated rings. The average Bonchev–Trinajstić information content (AvgIpc) is 2.84. The van der Waals surface area contributed by atoms with Crippen LogP contribution in [0.2, 0.25) is 0 Å². The molecule has 3 atom stereocenters. The summed E-state index contributed by atoms with van der Waals surface area (Å²) in [6, 6.07) is 5.29. The highest BCUT2D eigenvalue weighted by Gasteiger charge is 2.41. The fraction of sp³-hybridized carbons (Fsp3) is 0.562. The lowest BCUT2D eigenvalue weighted by molar-refractivity contribution is -0.141. The van der Waals surface area contributed by atoms with Gasteiger partial charge < -0.3 is 9.84 Å². The van der Waals surface area contributed by atoms with Gasteiger partial charge in [-0.25, -0.2) is 9.00 Å². The Labute approximate surface area is 137 Å². The number of anilines is 1. The van der Waals surface area contributed by atoms with Crippen molar-refractivity contribution in [3.8, 4) is 5.75 Å². The Bertz CT molecular complexity index is 660. The molecule has 2 N–H and O–H groups in total. The number of ether oxygens (including phenoxy) is 1. The van der Waals surface area contributed by atoms with Gasteiger partial charge in [0.05, 0.1) is 5.69 Å². The maximum Gasteiger partial charge on any atom is 0.330 e. The molecule has 6 nitrogen and oxygen atoms in total. The minimum absolute atomic E-state index is 0.176. The van der Waals surface area contributed by atoms with Gasteiger partial charge in [0.15, 0.2) is 0 Å². The largest absolute Gasteiger partial charge is 0.489 e. The summed E-state index contributed by atoms with van der Waals surface area (Å²) in [7, 11) is 0. The second-order valence-electron chi connectivity index (χ2n) is 6.66. The minimum atomic E-state index is -2.45. The summed E-state index contributed by atoms with van der Waals surface area (Å²) in [5, 5.41) is 9.37. The van der Waals surface area contributed by atoms with E-state index in [1.807, 2.05) is 6.07 Å². The molecule has 3 rings (SSSR count). The molecule has 0 bridgehead atoms. The normalized spacial score (nSPS) is 24.3. The van der Waals surface area contributed by atoms with Gasteiger partial charge in [-0.1, -0.05) is 12.5 Å². The highest BCUT2D eigenvalue weighted by Crippen LogP contribution is 2.47. The Morgan fingerprint density at radius 2 is 2.04 bits per heavy atom. The van der Waals surface area contributed by atoms with E-state index in [2.05, 4.69) is 0 Å². The number of benzene rings is 1. The number of aliphatic carboxylic acids is 1. The van der Waals surface area contributed by atoms with Crippen LogP contribution < -0.4 is 9.04 Å². The fourth-order valence-electron chi connectivity index (χ4n) is 3.51. The molecule has 1 aromatic rings. The number of carbonyl (C=O) groups is 1. The molecule has 1 aliphatic heterocycles. The second-order valence-corrected chi connectivity index (χ2v) is 7.49. The van der Waals surface area contributed by atoms with Crippen molar-refractivity contribution in [2.24, 2.45) is 0 Å². The van der Waals surface area contributed by atoms with Crippen LogP contribution in [0.4, 0.5) is 5.69 Å². The standard InChI is InChI=1S/C16H21NO5S/c1-16(2,15(18)19)17(23(20)21)10-7-8-12-11-5-3-4-6-13(11)22-14(12)9-10/h7-9,11,13H,3-6H2,1-2H3,(H,18,19)(H,20,21). The van der Waals surface area contributed by atoms with E-state index in [9.17, 15) is 18.7 Å². The number of rotatable bonds is 4. The third-order valence-electron chi connectivity index (χ3n) is 4.80. The van der Waals surface area contributed by atoms with E-state index in [-0.39, 0.29) is 6.10 Å². The van der Waals surface area contributed by atoms with Crippen LogP contribution in [0.1, 0.15) is 51.0 Å². The summed E-state index contributed by atoms with van der Waals surface area (Å²) in [6.45, 7) is 2.80. The van der Waals surface area contributed by atoms with Crippen molar-refractivity contribution in [2.45, 2.75) is 57.1 Å². The summed E-state index contributed by atoms with van der Waals surface area (Å²) in [4.78, 5) is 11.5. The Morgan fingerprint density at radius 3 is 2.70 bits per heavy atom. The minimum Gasteiger partial charge on any atom is -0.489 e. The van der Waals surface area contributed by atoms with Gasteiger partial charge in [0, 0.05) is 17.5 Å². The van der Waals surface area contributed by atoms with Crippen LogP contribution in [0.3, 0.4) is 0 Å². The van der Waals surface area contributed by atoms with Gasteiger partial charge in [-0.3, -0.25) is 8.86 Å². The van der Waals surface area contributed by atoms with E-state index in [1.165, 1.54) is 20.3 Å². The molecule has 126 valence electrons. The molecule has 1 saturated carbocycles. The van der Waals surface area contributed by atoms with E-state index >= 15 is 0 Å². The Morgan fingerprint density at radius 1 is 1.35 bits per heavy atom. The maximum absolute atomic E-state index is 11.7. The lowest BCUT2D eigenvalue weighted by Gasteiger charge is -2.33. The highest BCUT2D eigenvalue weighted by atomic mass is 32.2. The number of nitrogens with zero attached hydrogens (tertiary/aromatic N) is 1. The first kappa shape index (κ1) is 16.3. The zero-order valence-corrected chi connectivity index (χ0v) is 14.0. The fourth-order valence-corrected chi connectivity index (χ4v) is 4.27. The molecule has 0 aromatic heterocycles. The summed E-state index contributed by atoms with van der Waals surface area (Å²) in [5.41, 5.74) is -0.0231. The molecule has 7 heteroatoms. The molecule has 0 spiro atoms. The van der Waals surface area contributed by atoms with Crippen molar-refractivity contribution in [3.63, 3.8) is 0 Å². The molecule has 2 aliphatic rings. The van der Waals surface area contributed by atoms with E-state index in [1.54, 1.807) is 12.1 Å². The van der Waals surface area contributed by atoms with Gasteiger partial charge in [-0.2, -0.15) is 0 Å². The third kappa shape index (κ3) is 2.72. The van der Waals surface area contributed by atoms with Gasteiger partial charge >= 0.3 is 5.97 Å². The smallest absolute Gasteiger partial charge is 0.330 e. The van der Waals surface area contributed by atoms with Crippen molar-refractivity contribution in [1.82, 2.24) is 0 Å². The van der Waals surface area contributed by atoms with E-state index in [0.29, 0.717) is 17.4 Å². The predicted molar refractivity (Wildman–Crippen MR) is 87.0 cm³/mol. The van der Waals surface area contributed by atoms with Crippen molar-refractivity contribution in [3.05, 3.63) is 23.8 Å². The van der Waals surface area contributed by atoms with Crippen LogP contribution in [0.5, 0.6) is 5.75 Å². The van der Waals surface area contributed by atoms with E-state index in [4.69, 9.17) is 4.74 Å². The molecular formula is C16H21NO5S. The van der Waals surface area contributed by atoms with Gasteiger partial charge in [0.1, 0.15) is 17.4 Å². The molecule has 3 unspecified atom stereocenters. The molecule has 0 amide bonds. The van der Waals surface area contributed by atoms with Crippen LogP contribution in [-0.4, -0.2) is 31.5 Å². The maximum atomic E-state index is 11.7. The van der Waals surface area contributed by atoms with Crippen molar-refractivity contribution >= 4 is 22.9 Å². The Balaban J connectivity index is 1.98. The van der Waals surface area contributed by atoms with Crippen LogP contribution in [0, 0.1) is 0 Å². The zero-order valence-electron chi connectivity index (χ0n) is 13.2. The van der Waals surface area contributed by atoms with Crippen LogP contribution in [0.25, 0.3) is 0 Å². The van der Waals surface area contributed by atoms with Crippen LogP contribution in [0.15, 0.2) is 18.2 Å². The third-order valence-corrected chi connectivity index (χ3v) is 5.78. The quantitative estimate of drug-likeness (QED) is 0.824. The van der Waals surface area contributed by atoms with Crippen molar-refractivity contribution < 1.29 is 23.4 Å². The average molecular weight is 339 g/mol. The van der Waals surface area contributed by atoms with Crippen molar-refractivity contribution in [2.75, 3.05) is 4.31 Å². The number of carboxylic acids is 1. The number of hydrogen-bond donors (Lipinski definition) is 2. The summed E-state index contributed by atoms with van der Waals surface area (Å²) in [6.07, 6.45) is 4.62. The first-order valence-corrected chi connectivity index (χ1v) is 8.84. The van der Waals surface area contributed by atoms with Crippen LogP contribution in [-0.2, 0) is 16.1 Å². The van der Waals surface area contributed by atoms with Gasteiger partial charge in [-0.05, 0) is 39.2 Å². The first-order chi connectivity index (χ1) is 10.8. The lowest BCUT2D eigenvalue weighted by Crippen LogP contribution is -2.51. The number of hydrogen-bond acceptors (Lipinski definition) is 3. The number of carboxylic acid groups (broad SMARTS) is 1. The Hall–Kier alpha value is -1.60. The lowest BCUT2D eigenvalue weighted by atomic mass is 9.83. The molecular weight excluding hydrogens is 318 g/mol. The molecule has 1 heterocycles. The Kier molecular flexibility index (Phi) is 4.10. The molecule has 23 heavy (non-hydrogen) atoms. The zero-order chi connectivity index (χ0) is 16.8. The number of fused-ring (bicyclic) bond motifs is 3. The molecule has 0 radical (unpaired) electrons. The summed E-state index contributed by atoms with van der Waals surface area (Å²) < 4.78 is 28.3. The summed E-state index contributed by atoms with van der Waals surface area (Å²) in [5.74, 6) is -0.0839. The monoisotopic (exact) mass is 339 g/mol. The SMILES string of the molecule is CC(C)(C(=O)O)N(c1ccc2c(c1)OC1CCCCC21)S(=O)O. The molecule has 0 saturated heterocycles. The van der Waals surface area contributed by atoms with Gasteiger partial charge in [0.25, 0.3) is 11.3 Å². The van der Waals surface area contributed by atoms with Crippen molar-refractivity contribution in [1.29, 1.82) is 0 Å². The van der Waals surface area contributed by atoms with Gasteiger partial charge in [0.2, 0.25) is 0 Å². The first-order valence-electron chi connectivity index (χ1n) is 7.77. The summed E-state index contributed by atoms with van der Waals surface area (Å²) >= 11 is -2.45. The van der Waals surface area contributed by atoms with E-state index < -0.39 is 22.8 Å². The highest BCUT2D eigenvalue weighted by molar-refractivity contribution is 7.80. The van der Waals surface area contributed by atoms with Crippen LogP contribution >= 0.6 is 0 Å². The molecule has 1 aromatic carbocycles. The van der Waals surface area contributed by atoms with E-state index in [0.717, 1.165) is 29.1 Å². The topological polar surface area (TPSA) is 87.1 Å². The second kappa shape index (κ2) is 5.79. The molecule has 1 aliphatic carbocycles.